The van der Waals surface area contributed by atoms with Gasteiger partial charge >= 0.3 is 0 Å². The van der Waals surface area contributed by atoms with Crippen LogP contribution in [0.25, 0.3) is 0 Å². The summed E-state index contributed by atoms with van der Waals surface area (Å²) >= 11 is 0. The molecule has 0 radical (unpaired) electrons. The predicted octanol–water partition coefficient (Wildman–Crippen LogP) is 2.49. The van der Waals surface area contributed by atoms with Crippen molar-refractivity contribution in [1.82, 2.24) is 4.57 Å². The Balaban J connectivity index is 2.60. The number of hydrogen-bond acceptors (Lipinski definition) is 2. The van der Waals surface area contributed by atoms with Gasteiger partial charge in [0.05, 0.1) is 6.61 Å². The highest BCUT2D eigenvalue weighted by Gasteiger charge is 2.36. The Morgan fingerprint density at radius 2 is 2.29 bits per heavy atom. The summed E-state index contributed by atoms with van der Waals surface area (Å²) in [5.41, 5.74) is 0. The van der Waals surface area contributed by atoms with Gasteiger partial charge < -0.3 is 9.30 Å². The van der Waals surface area contributed by atoms with Crippen molar-refractivity contribution in [3.63, 3.8) is 0 Å². The number of rotatable bonds is 5. The van der Waals surface area contributed by atoms with Crippen LogP contribution in [0.15, 0.2) is 12.7 Å². The third-order valence-corrected chi connectivity index (χ3v) is 6.59. The fourth-order valence-corrected chi connectivity index (χ4v) is 5.37. The van der Waals surface area contributed by atoms with Crippen molar-refractivity contribution in [1.29, 1.82) is 0 Å². The van der Waals surface area contributed by atoms with E-state index >= 15 is 0 Å². The lowest BCUT2D eigenvalue weighted by Crippen LogP contribution is -2.51. The zero-order valence-corrected chi connectivity index (χ0v) is 10.8. The fourth-order valence-electron chi connectivity index (χ4n) is 2.47. The normalized spacial score (nSPS) is 24.1. The molecule has 0 aromatic rings. The van der Waals surface area contributed by atoms with Crippen LogP contribution in [0.1, 0.15) is 12.8 Å². The molecule has 3 heteroatoms. The van der Waals surface area contributed by atoms with Crippen molar-refractivity contribution in [2.75, 3.05) is 20.3 Å². The number of methoxy groups -OCH3 is 1. The van der Waals surface area contributed by atoms with Gasteiger partial charge in [0.2, 0.25) is 0 Å². The molecule has 0 saturated carbocycles. The lowest BCUT2D eigenvalue weighted by molar-refractivity contribution is 0.146. The predicted molar refractivity (Wildman–Crippen MR) is 64.1 cm³/mol. The molecule has 1 fully saturated rings. The molecule has 0 bridgehead atoms. The second-order valence-corrected chi connectivity index (χ2v) is 9.36. The maximum Gasteiger partial charge on any atom is 0.126 e. The van der Waals surface area contributed by atoms with Gasteiger partial charge in [-0.05, 0) is 25.4 Å². The molecule has 0 amide bonds. The van der Waals surface area contributed by atoms with Crippen molar-refractivity contribution in [3.8, 4) is 0 Å². The summed E-state index contributed by atoms with van der Waals surface area (Å²) in [5.74, 6) is 0. The highest BCUT2D eigenvalue weighted by Crippen LogP contribution is 2.27. The molecule has 0 aliphatic carbocycles. The first-order valence-electron chi connectivity index (χ1n) is 5.48. The van der Waals surface area contributed by atoms with Crippen molar-refractivity contribution in [2.45, 2.75) is 38.0 Å². The van der Waals surface area contributed by atoms with Crippen molar-refractivity contribution in [3.05, 3.63) is 12.7 Å². The Hall–Kier alpha value is -0.123. The first-order valence-corrected chi connectivity index (χ1v) is 8.64. The first-order chi connectivity index (χ1) is 6.61. The molecule has 0 aromatic heterocycles. The zero-order valence-electron chi connectivity index (χ0n) is 9.75. The minimum atomic E-state index is -1.24. The summed E-state index contributed by atoms with van der Waals surface area (Å²) in [6.07, 6.45) is 4.72. The molecule has 2 nitrogen and oxygen atoms in total. The lowest BCUT2D eigenvalue weighted by atomic mass is 10.2. The fraction of sp³-hybridized carbons (Fsp3) is 0.818. The summed E-state index contributed by atoms with van der Waals surface area (Å²) in [4.78, 5) is 0. The van der Waals surface area contributed by atoms with Crippen LogP contribution in [0.4, 0.5) is 0 Å². The number of ether oxygens (including phenoxy) is 1. The van der Waals surface area contributed by atoms with Crippen molar-refractivity contribution in [2.24, 2.45) is 0 Å². The standard InChI is InChI=1S/C11H23NOSi/c1-5-9-14(3,4)12-8-6-7-11(12)10-13-2/h5,11H,1,6-10H2,2-4H3/t11-/m0/s1. The Bertz CT molecular complexity index is 194. The highest BCUT2D eigenvalue weighted by atomic mass is 28.3. The Labute approximate surface area is 89.0 Å². The molecule has 0 spiro atoms. The van der Waals surface area contributed by atoms with E-state index in [4.69, 9.17) is 4.74 Å². The third kappa shape index (κ3) is 2.68. The van der Waals surface area contributed by atoms with E-state index in [1.54, 1.807) is 7.11 Å². The molecule has 0 N–H and O–H groups in total. The van der Waals surface area contributed by atoms with E-state index in [2.05, 4.69) is 30.3 Å². The van der Waals surface area contributed by atoms with Crippen molar-refractivity contribution < 1.29 is 4.74 Å². The Kier molecular flexibility index (Phi) is 4.35. The van der Waals surface area contributed by atoms with E-state index in [-0.39, 0.29) is 0 Å². The molecule has 1 saturated heterocycles. The number of hydrogen-bond donors (Lipinski definition) is 0. The monoisotopic (exact) mass is 213 g/mol. The minimum absolute atomic E-state index is 0.668. The van der Waals surface area contributed by atoms with Gasteiger partial charge in [-0.2, -0.15) is 0 Å². The molecule has 1 aliphatic heterocycles. The second-order valence-electron chi connectivity index (χ2n) is 4.75. The Morgan fingerprint density at radius 3 is 2.86 bits per heavy atom. The smallest absolute Gasteiger partial charge is 0.126 e. The quantitative estimate of drug-likeness (QED) is 0.514. The van der Waals surface area contributed by atoms with Gasteiger partial charge in [-0.15, -0.1) is 6.58 Å². The van der Waals surface area contributed by atoms with Crippen LogP contribution < -0.4 is 0 Å². The van der Waals surface area contributed by atoms with Crippen LogP contribution in [0, 0.1) is 0 Å². The second kappa shape index (κ2) is 5.10. The van der Waals surface area contributed by atoms with Crippen LogP contribution in [0.3, 0.4) is 0 Å². The minimum Gasteiger partial charge on any atom is -0.383 e. The summed E-state index contributed by atoms with van der Waals surface area (Å²) < 4.78 is 7.99. The van der Waals surface area contributed by atoms with Gasteiger partial charge in [0, 0.05) is 13.2 Å². The van der Waals surface area contributed by atoms with E-state index in [9.17, 15) is 0 Å². The van der Waals surface area contributed by atoms with Gasteiger partial charge in [0.25, 0.3) is 0 Å². The molecule has 1 aliphatic rings. The largest absolute Gasteiger partial charge is 0.383 e. The SMILES string of the molecule is C=CC[Si](C)(C)N1CCC[C@H]1COC. The average Bonchev–Trinajstić information content (AvgIpc) is 2.53. The summed E-state index contributed by atoms with van der Waals surface area (Å²) in [5, 5.41) is 0. The van der Waals surface area contributed by atoms with Crippen LogP contribution in [-0.2, 0) is 4.74 Å². The van der Waals surface area contributed by atoms with Crippen LogP contribution in [0.5, 0.6) is 0 Å². The van der Waals surface area contributed by atoms with Gasteiger partial charge in [-0.3, -0.25) is 0 Å². The van der Waals surface area contributed by atoms with Crippen LogP contribution >= 0.6 is 0 Å². The maximum absolute atomic E-state index is 5.28. The molecule has 82 valence electrons. The third-order valence-electron chi connectivity index (χ3n) is 3.16. The average molecular weight is 213 g/mol. The van der Waals surface area contributed by atoms with E-state index in [1.807, 2.05) is 0 Å². The van der Waals surface area contributed by atoms with Crippen LogP contribution in [0.2, 0.25) is 19.1 Å². The molecule has 1 rings (SSSR count). The van der Waals surface area contributed by atoms with Gasteiger partial charge in [0.15, 0.2) is 0 Å². The molecule has 1 heterocycles. The first kappa shape index (κ1) is 11.9. The van der Waals surface area contributed by atoms with Crippen molar-refractivity contribution >= 4 is 8.24 Å². The molecule has 14 heavy (non-hydrogen) atoms. The summed E-state index contributed by atoms with van der Waals surface area (Å²) in [6, 6.07) is 1.86. The highest BCUT2D eigenvalue weighted by molar-refractivity contribution is 6.75. The van der Waals surface area contributed by atoms with E-state index in [1.165, 1.54) is 25.4 Å². The maximum atomic E-state index is 5.28. The molecule has 0 unspecified atom stereocenters. The van der Waals surface area contributed by atoms with Gasteiger partial charge in [0.1, 0.15) is 8.24 Å². The van der Waals surface area contributed by atoms with Gasteiger partial charge in [-0.25, -0.2) is 0 Å². The van der Waals surface area contributed by atoms with E-state index in [0.29, 0.717) is 6.04 Å². The Morgan fingerprint density at radius 1 is 1.57 bits per heavy atom. The molecular weight excluding hydrogens is 190 g/mol. The zero-order chi connectivity index (χ0) is 10.6. The number of allylic oxidation sites excluding steroid dienone is 1. The molecular formula is C11H23NOSi. The van der Waals surface area contributed by atoms with Gasteiger partial charge in [-0.1, -0.05) is 19.2 Å². The van der Waals surface area contributed by atoms with Crippen LogP contribution in [-0.4, -0.2) is 39.1 Å². The lowest BCUT2D eigenvalue weighted by Gasteiger charge is -2.37. The molecule has 0 aromatic carbocycles. The topological polar surface area (TPSA) is 12.5 Å². The summed E-state index contributed by atoms with van der Waals surface area (Å²) in [7, 11) is 0.569. The van der Waals surface area contributed by atoms with E-state index in [0.717, 1.165) is 6.61 Å². The number of nitrogens with zero attached hydrogens (tertiary/aromatic N) is 1. The van der Waals surface area contributed by atoms with E-state index < -0.39 is 8.24 Å². The summed E-state index contributed by atoms with van der Waals surface area (Å²) in [6.45, 7) is 10.9. The molecule has 1 atom stereocenters.